The first-order chi connectivity index (χ1) is 30.7. The predicted molar refractivity (Wildman–Crippen MR) is 252 cm³/mol. The molecule has 0 fully saturated rings. The van der Waals surface area contributed by atoms with Crippen molar-refractivity contribution in [1.29, 1.82) is 0 Å². The van der Waals surface area contributed by atoms with Gasteiger partial charge in [0.05, 0.1) is 0 Å². The molecule has 0 radical (unpaired) electrons. The van der Waals surface area contributed by atoms with E-state index in [1.807, 2.05) is 78.9 Å². The minimum absolute atomic E-state index is 0.567. The van der Waals surface area contributed by atoms with Gasteiger partial charge in [0.25, 0.3) is 0 Å². The molecule has 2 aromatic heterocycles. The van der Waals surface area contributed by atoms with Gasteiger partial charge in [0.15, 0.2) is 34.9 Å². The standard InChI is InChI=1S/C56H36N6/c1-5-17-37(18-6-1)38-29-31-43(32-30-38)53-60-55(62-56(61-53)50-44-26-14-13-21-40(44)33-34-45(50)39-19-7-2-8-20-39)49-36-35-48(46-27-15-16-28-47(46)49)54-58-51(41-22-9-3-10-23-41)57-52(59-54)42-24-11-4-12-25-42/h1-36H. The number of hydrogen-bond donors (Lipinski definition) is 0. The number of fused-ring (bicyclic) bond motifs is 2. The minimum atomic E-state index is 0.567. The van der Waals surface area contributed by atoms with Crippen molar-refractivity contribution < 1.29 is 0 Å². The Kier molecular flexibility index (Phi) is 9.41. The second-order valence-corrected chi connectivity index (χ2v) is 15.1. The predicted octanol–water partition coefficient (Wildman–Crippen LogP) is 13.7. The van der Waals surface area contributed by atoms with Crippen LogP contribution in [-0.2, 0) is 0 Å². The largest absolute Gasteiger partial charge is 0.208 e. The van der Waals surface area contributed by atoms with E-state index in [0.717, 1.165) is 77.2 Å². The fraction of sp³-hybridized carbons (Fsp3) is 0. The first-order valence-corrected chi connectivity index (χ1v) is 20.6. The van der Waals surface area contributed by atoms with E-state index < -0.39 is 0 Å². The first kappa shape index (κ1) is 36.6. The fourth-order valence-corrected chi connectivity index (χ4v) is 8.17. The second kappa shape index (κ2) is 15.9. The lowest BCUT2D eigenvalue weighted by Crippen LogP contribution is -2.03. The number of hydrogen-bond acceptors (Lipinski definition) is 6. The normalized spacial score (nSPS) is 11.2. The molecule has 0 saturated heterocycles. The molecule has 62 heavy (non-hydrogen) atoms. The maximum absolute atomic E-state index is 5.40. The summed E-state index contributed by atoms with van der Waals surface area (Å²) in [6.07, 6.45) is 0. The third-order valence-corrected chi connectivity index (χ3v) is 11.2. The average molecular weight is 793 g/mol. The topological polar surface area (TPSA) is 77.3 Å². The number of rotatable bonds is 8. The quantitative estimate of drug-likeness (QED) is 0.152. The van der Waals surface area contributed by atoms with Gasteiger partial charge in [-0.3, -0.25) is 0 Å². The molecule has 0 bridgehead atoms. The number of benzene rings is 9. The molecular weight excluding hydrogens is 757 g/mol. The van der Waals surface area contributed by atoms with Crippen LogP contribution >= 0.6 is 0 Å². The Morgan fingerprint density at radius 3 is 1.06 bits per heavy atom. The molecule has 0 unspecified atom stereocenters. The van der Waals surface area contributed by atoms with Crippen LogP contribution in [0.2, 0.25) is 0 Å². The van der Waals surface area contributed by atoms with E-state index in [1.165, 1.54) is 0 Å². The van der Waals surface area contributed by atoms with Gasteiger partial charge in [-0.15, -0.1) is 0 Å². The number of aromatic nitrogens is 6. The molecule has 6 nitrogen and oxygen atoms in total. The Morgan fingerprint density at radius 2 is 0.532 bits per heavy atom. The van der Waals surface area contributed by atoms with Crippen molar-refractivity contribution in [3.63, 3.8) is 0 Å². The Bertz CT molecular complexity index is 3320. The lowest BCUT2D eigenvalue weighted by molar-refractivity contribution is 1.07. The molecule has 0 spiro atoms. The molecular formula is C56H36N6. The minimum Gasteiger partial charge on any atom is -0.208 e. The lowest BCUT2D eigenvalue weighted by Gasteiger charge is -2.16. The third kappa shape index (κ3) is 6.95. The van der Waals surface area contributed by atoms with Crippen LogP contribution in [-0.4, -0.2) is 29.9 Å². The molecule has 0 saturated carbocycles. The Balaban J connectivity index is 1.13. The summed E-state index contributed by atoms with van der Waals surface area (Å²) in [5.41, 5.74) is 9.83. The van der Waals surface area contributed by atoms with E-state index in [0.29, 0.717) is 34.9 Å². The highest BCUT2D eigenvalue weighted by molar-refractivity contribution is 6.05. The second-order valence-electron chi connectivity index (χ2n) is 15.1. The highest BCUT2D eigenvalue weighted by Crippen LogP contribution is 2.40. The van der Waals surface area contributed by atoms with Crippen LogP contribution in [0.1, 0.15) is 0 Å². The van der Waals surface area contributed by atoms with E-state index in [2.05, 4.69) is 140 Å². The van der Waals surface area contributed by atoms with Crippen LogP contribution < -0.4 is 0 Å². The van der Waals surface area contributed by atoms with Crippen molar-refractivity contribution in [3.05, 3.63) is 218 Å². The molecule has 290 valence electrons. The summed E-state index contributed by atoms with van der Waals surface area (Å²) >= 11 is 0. The monoisotopic (exact) mass is 792 g/mol. The van der Waals surface area contributed by atoms with Gasteiger partial charge in [0.2, 0.25) is 0 Å². The summed E-state index contributed by atoms with van der Waals surface area (Å²) in [6, 6.07) is 74.7. The zero-order chi connectivity index (χ0) is 41.2. The zero-order valence-corrected chi connectivity index (χ0v) is 33.5. The maximum atomic E-state index is 5.40. The fourth-order valence-electron chi connectivity index (χ4n) is 8.17. The average Bonchev–Trinajstić information content (AvgIpc) is 3.36. The van der Waals surface area contributed by atoms with Crippen molar-refractivity contribution in [3.8, 4) is 90.6 Å². The van der Waals surface area contributed by atoms with Gasteiger partial charge < -0.3 is 0 Å². The van der Waals surface area contributed by atoms with Gasteiger partial charge >= 0.3 is 0 Å². The Hall–Kier alpha value is -8.48. The summed E-state index contributed by atoms with van der Waals surface area (Å²) in [4.78, 5) is 31.1. The van der Waals surface area contributed by atoms with E-state index in [1.54, 1.807) is 0 Å². The summed E-state index contributed by atoms with van der Waals surface area (Å²) < 4.78 is 0. The molecule has 0 aliphatic heterocycles. The highest BCUT2D eigenvalue weighted by Gasteiger charge is 2.21. The van der Waals surface area contributed by atoms with Gasteiger partial charge in [0.1, 0.15) is 0 Å². The lowest BCUT2D eigenvalue weighted by atomic mass is 9.93. The molecule has 0 aliphatic carbocycles. The molecule has 0 aliphatic rings. The summed E-state index contributed by atoms with van der Waals surface area (Å²) in [7, 11) is 0. The SMILES string of the molecule is c1ccc(-c2ccc(-c3nc(-c4c(-c5ccccc5)ccc5ccccc45)nc(-c4ccc(-c5nc(-c6ccccc6)nc(-c6ccccc6)n5)c5ccccc45)n3)cc2)cc1. The summed E-state index contributed by atoms with van der Waals surface area (Å²) in [5, 5.41) is 4.11. The number of nitrogens with zero attached hydrogens (tertiary/aromatic N) is 6. The third-order valence-electron chi connectivity index (χ3n) is 11.2. The van der Waals surface area contributed by atoms with Gasteiger partial charge in [-0.05, 0) is 55.9 Å². The van der Waals surface area contributed by atoms with Gasteiger partial charge in [-0.1, -0.05) is 206 Å². The van der Waals surface area contributed by atoms with Crippen LogP contribution in [0.25, 0.3) is 112 Å². The van der Waals surface area contributed by atoms with Crippen molar-refractivity contribution in [1.82, 2.24) is 29.9 Å². The Labute approximate surface area is 359 Å². The summed E-state index contributed by atoms with van der Waals surface area (Å²) in [5.74, 6) is 3.55. The van der Waals surface area contributed by atoms with Crippen LogP contribution in [0, 0.1) is 0 Å². The van der Waals surface area contributed by atoms with Gasteiger partial charge in [-0.2, -0.15) is 0 Å². The molecule has 0 amide bonds. The molecule has 0 atom stereocenters. The first-order valence-electron chi connectivity index (χ1n) is 20.6. The molecule has 2 heterocycles. The molecule has 6 heteroatoms. The highest BCUT2D eigenvalue weighted by atomic mass is 15.0. The van der Waals surface area contributed by atoms with Crippen LogP contribution in [0.15, 0.2) is 218 Å². The molecule has 0 N–H and O–H groups in total. The van der Waals surface area contributed by atoms with Crippen molar-refractivity contribution in [2.45, 2.75) is 0 Å². The van der Waals surface area contributed by atoms with E-state index in [9.17, 15) is 0 Å². The van der Waals surface area contributed by atoms with Crippen LogP contribution in [0.5, 0.6) is 0 Å². The van der Waals surface area contributed by atoms with E-state index in [-0.39, 0.29) is 0 Å². The smallest absolute Gasteiger partial charge is 0.165 e. The van der Waals surface area contributed by atoms with Crippen LogP contribution in [0.3, 0.4) is 0 Å². The van der Waals surface area contributed by atoms with Crippen molar-refractivity contribution >= 4 is 21.5 Å². The maximum Gasteiger partial charge on any atom is 0.165 e. The van der Waals surface area contributed by atoms with Crippen molar-refractivity contribution in [2.24, 2.45) is 0 Å². The molecule has 9 aromatic carbocycles. The molecule has 11 rings (SSSR count). The van der Waals surface area contributed by atoms with Crippen LogP contribution in [0.4, 0.5) is 0 Å². The van der Waals surface area contributed by atoms with E-state index >= 15 is 0 Å². The van der Waals surface area contributed by atoms with E-state index in [4.69, 9.17) is 29.9 Å². The molecule has 11 aromatic rings. The zero-order valence-electron chi connectivity index (χ0n) is 33.5. The summed E-state index contributed by atoms with van der Waals surface area (Å²) in [6.45, 7) is 0. The van der Waals surface area contributed by atoms with Gasteiger partial charge in [-0.25, -0.2) is 29.9 Å². The van der Waals surface area contributed by atoms with Gasteiger partial charge in [0, 0.05) is 33.4 Å². The Morgan fingerprint density at radius 1 is 0.194 bits per heavy atom. The van der Waals surface area contributed by atoms with Crippen molar-refractivity contribution in [2.75, 3.05) is 0 Å².